The van der Waals surface area contributed by atoms with Crippen molar-refractivity contribution in [2.75, 3.05) is 30.3 Å². The first-order chi connectivity index (χ1) is 19.0. The van der Waals surface area contributed by atoms with Gasteiger partial charge in [0.25, 0.3) is 0 Å². The van der Waals surface area contributed by atoms with E-state index in [-0.39, 0.29) is 43.8 Å². The number of sulfonamides is 1. The van der Waals surface area contributed by atoms with Gasteiger partial charge in [0.2, 0.25) is 21.8 Å². The lowest BCUT2D eigenvalue weighted by Crippen LogP contribution is -2.49. The van der Waals surface area contributed by atoms with Gasteiger partial charge >= 0.3 is 0 Å². The Morgan fingerprint density at radius 3 is 2.40 bits per heavy atom. The summed E-state index contributed by atoms with van der Waals surface area (Å²) in [6.45, 7) is 2.75. The lowest BCUT2D eigenvalue weighted by atomic mass is 10.1. The number of carbonyl (C=O) groups excluding carboxylic acids is 2. The van der Waals surface area contributed by atoms with Gasteiger partial charge in [0.05, 0.1) is 22.0 Å². The van der Waals surface area contributed by atoms with Crippen molar-refractivity contribution in [2.45, 2.75) is 64.1 Å². The topological polar surface area (TPSA) is 105 Å². The van der Waals surface area contributed by atoms with E-state index < -0.39 is 16.1 Å². The van der Waals surface area contributed by atoms with E-state index in [0.29, 0.717) is 40.4 Å². The number of rotatable bonds is 11. The second-order valence-electron chi connectivity index (χ2n) is 10.2. The molecular formula is C28H35Cl2N3O6S. The monoisotopic (exact) mass is 611 g/mol. The van der Waals surface area contributed by atoms with E-state index in [9.17, 15) is 18.0 Å². The Morgan fingerprint density at radius 2 is 1.73 bits per heavy atom. The van der Waals surface area contributed by atoms with E-state index in [1.807, 2.05) is 0 Å². The van der Waals surface area contributed by atoms with Crippen LogP contribution in [-0.4, -0.2) is 63.2 Å². The van der Waals surface area contributed by atoms with E-state index in [4.69, 9.17) is 32.7 Å². The van der Waals surface area contributed by atoms with Crippen LogP contribution in [0.2, 0.25) is 10.0 Å². The largest absolute Gasteiger partial charge is 0.486 e. The molecule has 2 aromatic rings. The Kier molecular flexibility index (Phi) is 10.1. The Bertz CT molecular complexity index is 1330. The van der Waals surface area contributed by atoms with Crippen LogP contribution >= 0.6 is 23.2 Å². The van der Waals surface area contributed by atoms with Crippen molar-refractivity contribution in [3.8, 4) is 11.5 Å². The van der Waals surface area contributed by atoms with Crippen molar-refractivity contribution in [3.63, 3.8) is 0 Å². The zero-order chi connectivity index (χ0) is 28.9. The highest BCUT2D eigenvalue weighted by Gasteiger charge is 2.29. The quantitative estimate of drug-likeness (QED) is 0.392. The normalized spacial score (nSPS) is 15.9. The number of hydrogen-bond acceptors (Lipinski definition) is 6. The summed E-state index contributed by atoms with van der Waals surface area (Å²) in [5.74, 6) is 0.551. The summed E-state index contributed by atoms with van der Waals surface area (Å²) in [6.07, 6.45) is 5.42. The number of nitrogens with one attached hydrogen (secondary N) is 1. The second kappa shape index (κ2) is 13.3. The molecule has 1 aliphatic carbocycles. The number of amides is 2. The molecule has 1 aliphatic heterocycles. The average Bonchev–Trinajstić information content (AvgIpc) is 3.43. The third-order valence-corrected chi connectivity index (χ3v) is 9.10. The van der Waals surface area contributed by atoms with Crippen LogP contribution in [-0.2, 0) is 26.2 Å². The first-order valence-electron chi connectivity index (χ1n) is 13.4. The molecule has 1 heterocycles. The lowest BCUT2D eigenvalue weighted by molar-refractivity contribution is -0.141. The standard InChI is InChI=1S/C28H35Cl2N3O6S/c1-19(28(35)31-21-6-3-4-7-21)32(18-20-9-11-23(29)24(30)16-20)27(34)8-5-13-33(40(2,36)37)22-10-12-25-26(17-22)39-15-14-38-25/h9-12,16-17,19,21H,3-8,13-15,18H2,1-2H3,(H,31,35). The van der Waals surface area contributed by atoms with Gasteiger partial charge in [0.1, 0.15) is 19.3 Å². The van der Waals surface area contributed by atoms with E-state index in [1.165, 1.54) is 9.21 Å². The van der Waals surface area contributed by atoms with Crippen LogP contribution in [0.3, 0.4) is 0 Å². The molecule has 0 saturated heterocycles. The molecule has 1 N–H and O–H groups in total. The van der Waals surface area contributed by atoms with Crippen molar-refractivity contribution in [2.24, 2.45) is 0 Å². The zero-order valence-electron chi connectivity index (χ0n) is 22.7. The highest BCUT2D eigenvalue weighted by atomic mass is 35.5. The minimum atomic E-state index is -3.64. The molecule has 218 valence electrons. The fourth-order valence-corrected chi connectivity index (χ4v) is 6.28. The Balaban J connectivity index is 1.47. The molecule has 0 radical (unpaired) electrons. The first-order valence-corrected chi connectivity index (χ1v) is 16.0. The number of halogens is 2. The van der Waals surface area contributed by atoms with Gasteiger partial charge in [-0.25, -0.2) is 8.42 Å². The molecular weight excluding hydrogens is 577 g/mol. The number of anilines is 1. The SMILES string of the molecule is CC(C(=O)NC1CCCC1)N(Cc1ccc(Cl)c(Cl)c1)C(=O)CCCN(c1ccc2c(c1)OCCO2)S(C)(=O)=O. The third-order valence-electron chi connectivity index (χ3n) is 7.17. The molecule has 0 spiro atoms. The molecule has 1 atom stereocenters. The molecule has 2 amide bonds. The minimum absolute atomic E-state index is 0.0406. The average molecular weight is 613 g/mol. The molecule has 1 unspecified atom stereocenters. The van der Waals surface area contributed by atoms with Gasteiger partial charge < -0.3 is 19.7 Å². The van der Waals surface area contributed by atoms with Gasteiger partial charge in [-0.05, 0) is 56.0 Å². The molecule has 0 bridgehead atoms. The lowest BCUT2D eigenvalue weighted by Gasteiger charge is -2.30. The number of ether oxygens (including phenoxy) is 2. The maximum absolute atomic E-state index is 13.5. The minimum Gasteiger partial charge on any atom is -0.486 e. The summed E-state index contributed by atoms with van der Waals surface area (Å²) >= 11 is 12.3. The summed E-state index contributed by atoms with van der Waals surface area (Å²) in [5.41, 5.74) is 1.16. The van der Waals surface area contributed by atoms with E-state index in [2.05, 4.69) is 5.32 Å². The van der Waals surface area contributed by atoms with Gasteiger partial charge in [-0.1, -0.05) is 42.1 Å². The molecule has 40 heavy (non-hydrogen) atoms. The predicted molar refractivity (Wildman–Crippen MR) is 156 cm³/mol. The van der Waals surface area contributed by atoms with Crippen LogP contribution in [0.4, 0.5) is 5.69 Å². The third kappa shape index (κ3) is 7.73. The fourth-order valence-electron chi connectivity index (χ4n) is 5.00. The smallest absolute Gasteiger partial charge is 0.242 e. The van der Waals surface area contributed by atoms with Gasteiger partial charge in [-0.2, -0.15) is 0 Å². The van der Waals surface area contributed by atoms with E-state index >= 15 is 0 Å². The molecule has 9 nitrogen and oxygen atoms in total. The van der Waals surface area contributed by atoms with Gasteiger partial charge in [-0.3, -0.25) is 13.9 Å². The number of fused-ring (bicyclic) bond motifs is 1. The fraction of sp³-hybridized carbons (Fsp3) is 0.500. The Morgan fingerprint density at radius 1 is 1.02 bits per heavy atom. The maximum atomic E-state index is 13.5. The number of benzene rings is 2. The number of nitrogens with zero attached hydrogens (tertiary/aromatic N) is 2. The van der Waals surface area contributed by atoms with Crippen LogP contribution in [0, 0.1) is 0 Å². The summed E-state index contributed by atoms with van der Waals surface area (Å²) in [5, 5.41) is 3.83. The van der Waals surface area contributed by atoms with Crippen molar-refractivity contribution in [1.29, 1.82) is 0 Å². The predicted octanol–water partition coefficient (Wildman–Crippen LogP) is 4.79. The van der Waals surface area contributed by atoms with Crippen LogP contribution in [0.15, 0.2) is 36.4 Å². The van der Waals surface area contributed by atoms with E-state index in [1.54, 1.807) is 43.3 Å². The van der Waals surface area contributed by atoms with Crippen LogP contribution in [0.1, 0.15) is 51.0 Å². The van der Waals surface area contributed by atoms with Gasteiger partial charge in [-0.15, -0.1) is 0 Å². The highest BCUT2D eigenvalue weighted by Crippen LogP contribution is 2.35. The van der Waals surface area contributed by atoms with Crippen molar-refractivity contribution in [1.82, 2.24) is 10.2 Å². The number of carbonyl (C=O) groups is 2. The molecule has 12 heteroatoms. The van der Waals surface area contributed by atoms with Crippen LogP contribution < -0.4 is 19.1 Å². The summed E-state index contributed by atoms with van der Waals surface area (Å²) < 4.78 is 37.7. The molecule has 1 saturated carbocycles. The first kappa shape index (κ1) is 30.3. The van der Waals surface area contributed by atoms with Crippen molar-refractivity contribution >= 4 is 50.7 Å². The second-order valence-corrected chi connectivity index (χ2v) is 12.9. The van der Waals surface area contributed by atoms with Crippen LogP contribution in [0.5, 0.6) is 11.5 Å². The summed E-state index contributed by atoms with van der Waals surface area (Å²) in [7, 11) is -3.64. The van der Waals surface area contributed by atoms with Crippen molar-refractivity contribution < 1.29 is 27.5 Å². The van der Waals surface area contributed by atoms with Crippen molar-refractivity contribution in [3.05, 3.63) is 52.0 Å². The highest BCUT2D eigenvalue weighted by molar-refractivity contribution is 7.92. The van der Waals surface area contributed by atoms with Gasteiger partial charge in [0, 0.05) is 31.6 Å². The molecule has 1 fully saturated rings. The van der Waals surface area contributed by atoms with E-state index in [0.717, 1.165) is 37.5 Å². The molecule has 4 rings (SSSR count). The summed E-state index contributed by atoms with van der Waals surface area (Å²) in [4.78, 5) is 28.1. The molecule has 0 aromatic heterocycles. The Labute approximate surface area is 245 Å². The maximum Gasteiger partial charge on any atom is 0.242 e. The Hall–Kier alpha value is -2.69. The molecule has 2 aliphatic rings. The van der Waals surface area contributed by atoms with Crippen LogP contribution in [0.25, 0.3) is 0 Å². The summed E-state index contributed by atoms with van der Waals surface area (Å²) in [6, 6.07) is 9.45. The number of hydrogen-bond donors (Lipinski definition) is 1. The molecule has 2 aromatic carbocycles. The zero-order valence-corrected chi connectivity index (χ0v) is 25.0. The van der Waals surface area contributed by atoms with Gasteiger partial charge in [0.15, 0.2) is 11.5 Å².